The molecule has 0 bridgehead atoms. The van der Waals surface area contributed by atoms with Crippen molar-refractivity contribution in [2.75, 3.05) is 0 Å². The Morgan fingerprint density at radius 3 is 2.50 bits per heavy atom. The van der Waals surface area contributed by atoms with Crippen LogP contribution in [0.1, 0.15) is 38.5 Å². The van der Waals surface area contributed by atoms with Gasteiger partial charge in [-0.1, -0.05) is 25.0 Å². The van der Waals surface area contributed by atoms with Gasteiger partial charge in [-0.2, -0.15) is 5.26 Å². The number of carbonyl (C=O) groups is 1. The van der Waals surface area contributed by atoms with Gasteiger partial charge in [0.2, 0.25) is 0 Å². The molecule has 2 fully saturated rings. The quantitative estimate of drug-likeness (QED) is 0.382. The molecular weight excluding hydrogens is 232 g/mol. The molecule has 1 heterocycles. The Labute approximate surface area is 105 Å². The molecule has 0 aromatic rings. The second kappa shape index (κ2) is 3.34. The van der Waals surface area contributed by atoms with Gasteiger partial charge in [0.1, 0.15) is 11.6 Å². The van der Waals surface area contributed by atoms with Crippen molar-refractivity contribution >= 4 is 5.91 Å². The predicted molar refractivity (Wildman–Crippen MR) is 61.2 cm³/mol. The number of hydroxylamine groups is 2. The van der Waals surface area contributed by atoms with Gasteiger partial charge in [-0.25, -0.2) is 5.06 Å². The van der Waals surface area contributed by atoms with Crippen molar-refractivity contribution in [1.82, 2.24) is 5.06 Å². The Morgan fingerprint density at radius 1 is 1.33 bits per heavy atom. The zero-order valence-electron chi connectivity index (χ0n) is 10.1. The lowest BCUT2D eigenvalue weighted by Gasteiger charge is -2.39. The van der Waals surface area contributed by atoms with E-state index in [9.17, 15) is 20.4 Å². The average molecular weight is 248 g/mol. The number of nitrogens with zero attached hydrogens (tertiary/aromatic N) is 2. The molecule has 5 nitrogen and oxygen atoms in total. The molecule has 2 N–H and O–H groups in total. The number of carbonyl (C=O) groups excluding carboxylic acids is 1. The second-order valence-electron chi connectivity index (χ2n) is 5.59. The zero-order valence-corrected chi connectivity index (χ0v) is 10.1. The first kappa shape index (κ1) is 11.7. The molecule has 3 rings (SSSR count). The Hall–Kier alpha value is -1.38. The molecule has 0 aromatic heterocycles. The maximum atomic E-state index is 12.4. The van der Waals surface area contributed by atoms with E-state index in [2.05, 4.69) is 0 Å². The van der Waals surface area contributed by atoms with Crippen LogP contribution in [0, 0.1) is 16.7 Å². The molecule has 0 aromatic carbocycles. The Morgan fingerprint density at radius 2 is 2.00 bits per heavy atom. The van der Waals surface area contributed by atoms with Gasteiger partial charge in [0.05, 0.1) is 5.41 Å². The molecule has 2 atom stereocenters. The number of rotatable bonds is 0. The van der Waals surface area contributed by atoms with Crippen molar-refractivity contribution in [1.29, 1.82) is 5.26 Å². The van der Waals surface area contributed by atoms with Crippen LogP contribution in [-0.2, 0) is 4.79 Å². The number of nitriles is 1. The minimum absolute atomic E-state index is 0.404. The molecule has 2 unspecified atom stereocenters. The number of hydrogen-bond donors (Lipinski definition) is 2. The van der Waals surface area contributed by atoms with Crippen molar-refractivity contribution in [2.24, 2.45) is 5.41 Å². The van der Waals surface area contributed by atoms with Gasteiger partial charge >= 0.3 is 0 Å². The highest BCUT2D eigenvalue weighted by molar-refractivity contribution is 5.89. The molecule has 1 saturated carbocycles. The second-order valence-corrected chi connectivity index (χ2v) is 5.59. The van der Waals surface area contributed by atoms with E-state index in [1.807, 2.05) is 12.1 Å². The van der Waals surface area contributed by atoms with Gasteiger partial charge < -0.3 is 5.11 Å². The summed E-state index contributed by atoms with van der Waals surface area (Å²) in [4.78, 5) is 12.4. The fourth-order valence-electron chi connectivity index (χ4n) is 4.01. The van der Waals surface area contributed by atoms with Crippen molar-refractivity contribution in [3.63, 3.8) is 0 Å². The number of aliphatic hydroxyl groups is 1. The maximum Gasteiger partial charge on any atom is 0.257 e. The fraction of sp³-hybridized carbons (Fsp3) is 0.692. The molecule has 1 amide bonds. The van der Waals surface area contributed by atoms with E-state index in [0.29, 0.717) is 30.7 Å². The standard InChI is InChI=1S/C13H16N2O3/c14-9-13(17)11(5-1-2-6-11)10(16)15(18)12(13)7-3-4-8-12/h3,7,17-18H,1-2,4-6,8H2. The summed E-state index contributed by atoms with van der Waals surface area (Å²) < 4.78 is 0. The highest BCUT2D eigenvalue weighted by Gasteiger charge is 2.76. The van der Waals surface area contributed by atoms with E-state index in [1.165, 1.54) is 0 Å². The molecule has 18 heavy (non-hydrogen) atoms. The van der Waals surface area contributed by atoms with Crippen molar-refractivity contribution in [3.8, 4) is 6.07 Å². The zero-order chi connectivity index (χ0) is 13.0. The van der Waals surface area contributed by atoms with Crippen LogP contribution in [0.5, 0.6) is 0 Å². The molecule has 2 aliphatic carbocycles. The SMILES string of the molecule is N#CC1(O)C2(CCCC2)C(=O)N(O)C12C=CCC2. The summed E-state index contributed by atoms with van der Waals surface area (Å²) in [6.45, 7) is 0. The highest BCUT2D eigenvalue weighted by atomic mass is 16.5. The number of allylic oxidation sites excluding steroid dienone is 1. The van der Waals surface area contributed by atoms with Crippen LogP contribution in [0.25, 0.3) is 0 Å². The van der Waals surface area contributed by atoms with E-state index in [4.69, 9.17) is 0 Å². The molecular formula is C13H16N2O3. The average Bonchev–Trinajstić information content (AvgIpc) is 3.07. The first-order valence-electron chi connectivity index (χ1n) is 6.39. The number of amides is 1. The monoisotopic (exact) mass is 248 g/mol. The minimum atomic E-state index is -1.82. The van der Waals surface area contributed by atoms with Gasteiger partial charge in [-0.3, -0.25) is 10.0 Å². The highest BCUT2D eigenvalue weighted by Crippen LogP contribution is 2.60. The van der Waals surface area contributed by atoms with Crippen molar-refractivity contribution < 1.29 is 15.1 Å². The Bertz CT molecular complexity index is 475. The third kappa shape index (κ3) is 0.943. The summed E-state index contributed by atoms with van der Waals surface area (Å²) >= 11 is 0. The van der Waals surface area contributed by atoms with E-state index in [-0.39, 0.29) is 0 Å². The van der Waals surface area contributed by atoms with E-state index >= 15 is 0 Å². The van der Waals surface area contributed by atoms with Crippen LogP contribution in [0.2, 0.25) is 0 Å². The summed E-state index contributed by atoms with van der Waals surface area (Å²) in [5.74, 6) is -0.490. The first-order valence-corrected chi connectivity index (χ1v) is 6.39. The fourth-order valence-corrected chi connectivity index (χ4v) is 4.01. The minimum Gasteiger partial charge on any atom is -0.372 e. The molecule has 1 aliphatic heterocycles. The van der Waals surface area contributed by atoms with Crippen LogP contribution < -0.4 is 0 Å². The Kier molecular flexibility index (Phi) is 2.17. The third-order valence-corrected chi connectivity index (χ3v) is 5.00. The largest absolute Gasteiger partial charge is 0.372 e. The summed E-state index contributed by atoms with van der Waals surface area (Å²) in [7, 11) is 0. The molecule has 1 saturated heterocycles. The lowest BCUT2D eigenvalue weighted by atomic mass is 9.65. The first-order chi connectivity index (χ1) is 8.54. The van der Waals surface area contributed by atoms with Gasteiger partial charge in [0.15, 0.2) is 5.60 Å². The third-order valence-electron chi connectivity index (χ3n) is 5.00. The van der Waals surface area contributed by atoms with Crippen molar-refractivity contribution in [2.45, 2.75) is 49.7 Å². The molecule has 96 valence electrons. The van der Waals surface area contributed by atoms with Crippen LogP contribution in [-0.4, -0.2) is 32.4 Å². The lowest BCUT2D eigenvalue weighted by Crippen LogP contribution is -2.58. The summed E-state index contributed by atoms with van der Waals surface area (Å²) in [6, 6.07) is 1.95. The summed E-state index contributed by atoms with van der Waals surface area (Å²) in [5, 5.41) is 31.2. The lowest BCUT2D eigenvalue weighted by molar-refractivity contribution is -0.183. The molecule has 3 aliphatic rings. The van der Waals surface area contributed by atoms with Gasteiger partial charge in [0.25, 0.3) is 5.91 Å². The normalized spacial score (nSPS) is 41.2. The Balaban J connectivity index is 2.22. The van der Waals surface area contributed by atoms with E-state index < -0.39 is 22.5 Å². The summed E-state index contributed by atoms with van der Waals surface area (Å²) in [5.41, 5.74) is -4.19. The van der Waals surface area contributed by atoms with Gasteiger partial charge in [-0.15, -0.1) is 0 Å². The predicted octanol–water partition coefficient (Wildman–Crippen LogP) is 1.12. The molecule has 2 spiro atoms. The molecule has 5 heteroatoms. The number of hydrogen-bond acceptors (Lipinski definition) is 4. The van der Waals surface area contributed by atoms with Crippen molar-refractivity contribution in [3.05, 3.63) is 12.2 Å². The van der Waals surface area contributed by atoms with E-state index in [0.717, 1.165) is 12.8 Å². The van der Waals surface area contributed by atoms with Crippen LogP contribution in [0.3, 0.4) is 0 Å². The summed E-state index contributed by atoms with van der Waals surface area (Å²) in [6.07, 6.45) is 7.07. The molecule has 0 radical (unpaired) electrons. The topological polar surface area (TPSA) is 84.6 Å². The van der Waals surface area contributed by atoms with Crippen LogP contribution in [0.15, 0.2) is 12.2 Å². The van der Waals surface area contributed by atoms with Gasteiger partial charge in [-0.05, 0) is 25.7 Å². The van der Waals surface area contributed by atoms with Crippen LogP contribution in [0.4, 0.5) is 0 Å². The van der Waals surface area contributed by atoms with E-state index in [1.54, 1.807) is 6.08 Å². The maximum absolute atomic E-state index is 12.4. The van der Waals surface area contributed by atoms with Gasteiger partial charge in [0, 0.05) is 0 Å². The van der Waals surface area contributed by atoms with Crippen LogP contribution >= 0.6 is 0 Å². The smallest absolute Gasteiger partial charge is 0.257 e.